The lowest BCUT2D eigenvalue weighted by Crippen LogP contribution is -2.52. The molecular formula is C23H42O7Si3. The van der Waals surface area contributed by atoms with Crippen molar-refractivity contribution in [2.75, 3.05) is 21.3 Å². The van der Waals surface area contributed by atoms with Crippen LogP contribution in [0, 0.1) is 0 Å². The van der Waals surface area contributed by atoms with E-state index in [1.807, 2.05) is 6.92 Å². The summed E-state index contributed by atoms with van der Waals surface area (Å²) in [6.07, 6.45) is 3.53. The van der Waals surface area contributed by atoms with Crippen LogP contribution in [0.5, 0.6) is 17.2 Å². The Kier molecular flexibility index (Phi) is 10.9. The average Bonchev–Trinajstić information content (AvgIpc) is 2.67. The molecule has 0 spiro atoms. The third kappa shape index (κ3) is 10.9. The van der Waals surface area contributed by atoms with Crippen LogP contribution in [0.4, 0.5) is 0 Å². The van der Waals surface area contributed by atoms with E-state index < -0.39 is 31.2 Å². The number of hydrogen-bond donors (Lipinski definition) is 0. The molecule has 188 valence electrons. The molecule has 1 atom stereocenters. The fraction of sp³-hybridized carbons (Fsp3) is 0.609. The van der Waals surface area contributed by atoms with Gasteiger partial charge in [0.15, 0.2) is 28.1 Å². The lowest BCUT2D eigenvalue weighted by molar-refractivity contribution is -0.142. The minimum atomic E-state index is -2.36. The maximum absolute atomic E-state index is 12.4. The van der Waals surface area contributed by atoms with Crippen molar-refractivity contribution in [1.29, 1.82) is 0 Å². The van der Waals surface area contributed by atoms with Gasteiger partial charge in [-0.3, -0.25) is 0 Å². The van der Waals surface area contributed by atoms with Gasteiger partial charge in [0.1, 0.15) is 0 Å². The Morgan fingerprint density at radius 2 is 1.36 bits per heavy atom. The molecule has 0 fully saturated rings. The summed E-state index contributed by atoms with van der Waals surface area (Å²) in [5.74, 6) is 1.14. The maximum atomic E-state index is 12.4. The van der Waals surface area contributed by atoms with E-state index in [-0.39, 0.29) is 6.10 Å². The molecule has 0 N–H and O–H groups in total. The number of ether oxygens (including phenoxy) is 4. The van der Waals surface area contributed by atoms with Gasteiger partial charge in [0.05, 0.1) is 27.4 Å². The molecule has 1 unspecified atom stereocenters. The van der Waals surface area contributed by atoms with Gasteiger partial charge in [-0.2, -0.15) is 0 Å². The molecule has 0 amide bonds. The zero-order valence-corrected chi connectivity index (χ0v) is 25.2. The van der Waals surface area contributed by atoms with Gasteiger partial charge >= 0.3 is 14.5 Å². The second kappa shape index (κ2) is 12.2. The standard InChI is InChI=1S/C23H42O7Si3/c1-18(14-15-33(11,29-31(5,6)7)30-32(8,9)10)28-22(24)13-12-19-16-20(25-2)23(27-4)21(17-19)26-3/h12-13,16-18H,14-15H2,1-11H3. The Hall–Kier alpha value is -1.60. The highest BCUT2D eigenvalue weighted by molar-refractivity contribution is 6.87. The predicted octanol–water partition coefficient (Wildman–Crippen LogP) is 5.82. The van der Waals surface area contributed by atoms with Crippen LogP contribution in [0.2, 0.25) is 51.9 Å². The molecule has 0 saturated heterocycles. The Balaban J connectivity index is 2.81. The van der Waals surface area contributed by atoms with E-state index in [1.54, 1.807) is 39.5 Å². The summed E-state index contributed by atoms with van der Waals surface area (Å²) in [7, 11) is -1.23. The summed E-state index contributed by atoms with van der Waals surface area (Å²) < 4.78 is 34.7. The number of esters is 1. The van der Waals surface area contributed by atoms with Crippen molar-refractivity contribution in [3.05, 3.63) is 23.8 Å². The number of methoxy groups -OCH3 is 3. The number of carbonyl (C=O) groups excluding carboxylic acids is 1. The molecule has 0 aliphatic rings. The number of carbonyl (C=O) groups is 1. The molecule has 10 heteroatoms. The minimum Gasteiger partial charge on any atom is -0.493 e. The van der Waals surface area contributed by atoms with Gasteiger partial charge in [0.2, 0.25) is 5.75 Å². The molecule has 0 bridgehead atoms. The first-order valence-corrected chi connectivity index (χ1v) is 20.5. The quantitative estimate of drug-likeness (QED) is 0.186. The fourth-order valence-electron chi connectivity index (χ4n) is 3.54. The fourth-order valence-corrected chi connectivity index (χ4v) is 16.2. The lowest BCUT2D eigenvalue weighted by Gasteiger charge is -2.39. The summed E-state index contributed by atoms with van der Waals surface area (Å²) in [6, 6.07) is 4.33. The monoisotopic (exact) mass is 514 g/mol. The summed E-state index contributed by atoms with van der Waals surface area (Å²) in [6.45, 7) is 17.1. The van der Waals surface area contributed by atoms with E-state index in [9.17, 15) is 4.79 Å². The molecule has 33 heavy (non-hydrogen) atoms. The third-order valence-corrected chi connectivity index (χ3v) is 14.0. The highest BCUT2D eigenvalue weighted by atomic mass is 28.5. The van der Waals surface area contributed by atoms with Crippen LogP contribution in [-0.4, -0.2) is 58.6 Å². The minimum absolute atomic E-state index is 0.246. The topological polar surface area (TPSA) is 72.5 Å². The van der Waals surface area contributed by atoms with E-state index in [2.05, 4.69) is 45.8 Å². The molecule has 0 aromatic heterocycles. The van der Waals surface area contributed by atoms with Crippen molar-refractivity contribution < 1.29 is 32.0 Å². The Bertz CT molecular complexity index is 772. The SMILES string of the molecule is COc1cc(C=CC(=O)OC(C)CC[Si](C)(O[Si](C)(C)C)O[Si](C)(C)C)cc(OC)c1OC. The van der Waals surface area contributed by atoms with Crippen molar-refractivity contribution >= 4 is 37.2 Å². The zero-order chi connectivity index (χ0) is 25.4. The smallest absolute Gasteiger partial charge is 0.331 e. The number of benzene rings is 1. The van der Waals surface area contributed by atoms with Crippen LogP contribution >= 0.6 is 0 Å². The van der Waals surface area contributed by atoms with Crippen LogP contribution in [0.1, 0.15) is 18.9 Å². The Morgan fingerprint density at radius 1 is 0.879 bits per heavy atom. The van der Waals surface area contributed by atoms with Gasteiger partial charge in [-0.05, 0) is 89.0 Å². The van der Waals surface area contributed by atoms with Crippen molar-refractivity contribution in [2.45, 2.75) is 71.3 Å². The first kappa shape index (κ1) is 29.4. The Labute approximate surface area is 202 Å². The third-order valence-electron chi connectivity index (χ3n) is 4.47. The van der Waals surface area contributed by atoms with Gasteiger partial charge in [0.25, 0.3) is 0 Å². The van der Waals surface area contributed by atoms with Crippen LogP contribution in [0.25, 0.3) is 6.08 Å². The predicted molar refractivity (Wildman–Crippen MR) is 141 cm³/mol. The molecule has 1 aromatic carbocycles. The molecule has 0 saturated carbocycles. The van der Waals surface area contributed by atoms with Gasteiger partial charge < -0.3 is 27.2 Å². The van der Waals surface area contributed by atoms with Gasteiger partial charge in [-0.15, -0.1) is 0 Å². The average molecular weight is 515 g/mol. The van der Waals surface area contributed by atoms with E-state index in [0.29, 0.717) is 23.7 Å². The van der Waals surface area contributed by atoms with Crippen LogP contribution < -0.4 is 14.2 Å². The lowest BCUT2D eigenvalue weighted by atomic mass is 10.1. The largest absolute Gasteiger partial charge is 0.493 e. The summed E-state index contributed by atoms with van der Waals surface area (Å²) >= 11 is 0. The molecule has 0 aliphatic carbocycles. The normalized spacial score (nSPS) is 13.7. The van der Waals surface area contributed by atoms with Crippen LogP contribution in [0.3, 0.4) is 0 Å². The molecule has 1 rings (SSSR count). The van der Waals surface area contributed by atoms with Gasteiger partial charge in [0, 0.05) is 6.08 Å². The van der Waals surface area contributed by atoms with Crippen molar-refractivity contribution in [3.8, 4) is 17.2 Å². The van der Waals surface area contributed by atoms with E-state index in [4.69, 9.17) is 27.2 Å². The Morgan fingerprint density at radius 3 is 1.76 bits per heavy atom. The van der Waals surface area contributed by atoms with Crippen molar-refractivity contribution in [3.63, 3.8) is 0 Å². The number of hydrogen-bond acceptors (Lipinski definition) is 7. The molecule has 1 aromatic rings. The van der Waals surface area contributed by atoms with Crippen molar-refractivity contribution in [1.82, 2.24) is 0 Å². The first-order valence-electron chi connectivity index (χ1n) is 11.2. The molecular weight excluding hydrogens is 473 g/mol. The van der Waals surface area contributed by atoms with E-state index in [1.165, 1.54) is 6.08 Å². The number of rotatable bonds is 13. The van der Waals surface area contributed by atoms with Crippen LogP contribution in [0.15, 0.2) is 18.2 Å². The second-order valence-corrected chi connectivity index (χ2v) is 23.0. The molecule has 7 nitrogen and oxygen atoms in total. The highest BCUT2D eigenvalue weighted by Gasteiger charge is 2.40. The first-order chi connectivity index (χ1) is 15.1. The second-order valence-electron chi connectivity index (χ2n) is 10.1. The molecule has 0 heterocycles. The van der Waals surface area contributed by atoms with E-state index >= 15 is 0 Å². The summed E-state index contributed by atoms with van der Waals surface area (Å²) in [4.78, 5) is 12.4. The summed E-state index contributed by atoms with van der Waals surface area (Å²) in [5, 5.41) is 0. The molecule has 0 radical (unpaired) electrons. The van der Waals surface area contributed by atoms with Gasteiger partial charge in [-0.1, -0.05) is 0 Å². The van der Waals surface area contributed by atoms with E-state index in [0.717, 1.165) is 11.6 Å². The summed E-state index contributed by atoms with van der Waals surface area (Å²) in [5.41, 5.74) is 0.737. The van der Waals surface area contributed by atoms with Crippen LogP contribution in [-0.2, 0) is 17.8 Å². The van der Waals surface area contributed by atoms with Gasteiger partial charge in [-0.25, -0.2) is 4.79 Å². The maximum Gasteiger partial charge on any atom is 0.331 e. The van der Waals surface area contributed by atoms with Crippen molar-refractivity contribution in [2.24, 2.45) is 0 Å². The highest BCUT2D eigenvalue weighted by Crippen LogP contribution is 2.38. The molecule has 0 aliphatic heterocycles. The zero-order valence-electron chi connectivity index (χ0n) is 22.2.